The molecule has 184 valence electrons. The number of amidine groups is 1. The Balaban J connectivity index is 1.50. The second-order valence-electron chi connectivity index (χ2n) is 8.07. The maximum atomic E-state index is 13.0. The van der Waals surface area contributed by atoms with E-state index in [0.717, 1.165) is 11.3 Å². The Kier molecular flexibility index (Phi) is 6.55. The van der Waals surface area contributed by atoms with Crippen molar-refractivity contribution < 1.29 is 24.3 Å². The van der Waals surface area contributed by atoms with Crippen molar-refractivity contribution in [3.8, 4) is 0 Å². The summed E-state index contributed by atoms with van der Waals surface area (Å²) in [4.78, 5) is 49.8. The number of carboxylic acids is 1. The molecule has 0 spiro atoms. The lowest BCUT2D eigenvalue weighted by atomic mass is 9.83. The van der Waals surface area contributed by atoms with E-state index >= 15 is 0 Å². The van der Waals surface area contributed by atoms with Crippen molar-refractivity contribution in [1.29, 1.82) is 5.41 Å². The largest absolute Gasteiger partial charge is 0.477 e. The van der Waals surface area contributed by atoms with Crippen molar-refractivity contribution in [3.05, 3.63) is 46.3 Å². The number of nitrogens with two attached hydrogens (primary N) is 2. The van der Waals surface area contributed by atoms with Gasteiger partial charge >= 0.3 is 5.97 Å². The first-order valence-corrected chi connectivity index (χ1v) is 11.5. The number of aromatic nitrogens is 1. The number of amides is 2. The summed E-state index contributed by atoms with van der Waals surface area (Å²) in [7, 11) is 1.28. The van der Waals surface area contributed by atoms with Crippen molar-refractivity contribution in [2.75, 3.05) is 25.9 Å². The first-order chi connectivity index (χ1) is 16.7. The average Bonchev–Trinajstić information content (AvgIpc) is 3.26. The number of β-lactam (4-membered cyclic amide) rings is 1. The fourth-order valence-electron chi connectivity index (χ4n) is 4.33. The van der Waals surface area contributed by atoms with Crippen LogP contribution in [0, 0.1) is 5.41 Å². The van der Waals surface area contributed by atoms with Crippen molar-refractivity contribution in [2.24, 2.45) is 10.9 Å². The number of allylic oxidation sites excluding steroid dienone is 2. The molecule has 7 N–H and O–H groups in total. The van der Waals surface area contributed by atoms with Gasteiger partial charge in [0.25, 0.3) is 11.8 Å². The number of carbonyl (C=O) groups is 3. The number of aliphatic carboxylic acids is 1. The van der Waals surface area contributed by atoms with E-state index in [0.29, 0.717) is 30.5 Å². The number of thiazole rings is 1. The molecule has 1 saturated heterocycles. The van der Waals surface area contributed by atoms with Crippen LogP contribution >= 0.6 is 11.3 Å². The lowest BCUT2D eigenvalue weighted by molar-refractivity contribution is -0.155. The Morgan fingerprint density at radius 1 is 1.46 bits per heavy atom. The number of hydrogen-bond acceptors (Lipinski definition) is 10. The predicted molar refractivity (Wildman–Crippen MR) is 127 cm³/mol. The summed E-state index contributed by atoms with van der Waals surface area (Å²) < 4.78 is 0. The molecule has 0 bridgehead atoms. The van der Waals surface area contributed by atoms with Crippen LogP contribution in [-0.2, 0) is 19.2 Å². The SMILES string of the molecule is CO/N=C(\C(=O)N[C@@H]1C(=O)N2C(C(=O)O)=C(CN3C=CC=C(C(=N)N)C3)CCC12)c1csc(N)n1. The minimum absolute atomic E-state index is 0.0521. The first-order valence-electron chi connectivity index (χ1n) is 10.6. The molecule has 1 aromatic rings. The third-order valence-electron chi connectivity index (χ3n) is 5.90. The van der Waals surface area contributed by atoms with Gasteiger partial charge in [0.15, 0.2) is 10.8 Å². The molecule has 13 nitrogen and oxygen atoms in total. The standard InChI is InChI=1S/C21H24N8O5S/c1-34-27-14(12-9-35-21(24)25-12)18(30)26-15-13-5-4-10(16(20(32)33)29(13)19(15)31)7-28-6-2-3-11(8-28)17(22)23/h2-3,6,9,13,15H,4-5,7-8H2,1H3,(H3,22,23)(H2,24,25)(H,26,30)(H,32,33)/b27-14-/t13?,15-/m0/s1. The van der Waals surface area contributed by atoms with Gasteiger partial charge in [0.1, 0.15) is 30.4 Å². The molecule has 1 aromatic heterocycles. The molecule has 2 atom stereocenters. The highest BCUT2D eigenvalue weighted by Crippen LogP contribution is 2.37. The topological polar surface area (TPSA) is 200 Å². The predicted octanol–water partition coefficient (Wildman–Crippen LogP) is -0.404. The zero-order valence-corrected chi connectivity index (χ0v) is 19.5. The van der Waals surface area contributed by atoms with Crippen LogP contribution in [0.25, 0.3) is 0 Å². The van der Waals surface area contributed by atoms with E-state index < -0.39 is 29.9 Å². The van der Waals surface area contributed by atoms with Crippen LogP contribution in [0.4, 0.5) is 5.13 Å². The number of nitrogens with one attached hydrogen (secondary N) is 2. The number of oxime groups is 1. The van der Waals surface area contributed by atoms with Gasteiger partial charge in [0.05, 0.1) is 6.04 Å². The highest BCUT2D eigenvalue weighted by atomic mass is 32.1. The van der Waals surface area contributed by atoms with Gasteiger partial charge in [-0.3, -0.25) is 19.9 Å². The Morgan fingerprint density at radius 3 is 2.86 bits per heavy atom. The Bertz CT molecular complexity index is 1220. The fourth-order valence-corrected chi connectivity index (χ4v) is 4.88. The Labute approximate surface area is 203 Å². The highest BCUT2D eigenvalue weighted by molar-refractivity contribution is 7.13. The molecule has 0 saturated carbocycles. The zero-order valence-electron chi connectivity index (χ0n) is 18.7. The van der Waals surface area contributed by atoms with Gasteiger partial charge in [0.2, 0.25) is 0 Å². The van der Waals surface area contributed by atoms with Crippen LogP contribution < -0.4 is 16.8 Å². The number of carboxylic acid groups (broad SMARTS) is 1. The van der Waals surface area contributed by atoms with Crippen molar-refractivity contribution >= 4 is 45.8 Å². The smallest absolute Gasteiger partial charge is 0.352 e. The van der Waals surface area contributed by atoms with Crippen LogP contribution in [0.5, 0.6) is 0 Å². The zero-order chi connectivity index (χ0) is 25.3. The summed E-state index contributed by atoms with van der Waals surface area (Å²) in [5, 5.41) is 25.7. The van der Waals surface area contributed by atoms with E-state index in [-0.39, 0.29) is 34.6 Å². The summed E-state index contributed by atoms with van der Waals surface area (Å²) in [5.41, 5.74) is 12.4. The lowest BCUT2D eigenvalue weighted by Gasteiger charge is -2.50. The Hall–Kier alpha value is -4.20. The van der Waals surface area contributed by atoms with E-state index in [1.54, 1.807) is 23.7 Å². The van der Waals surface area contributed by atoms with Crippen molar-refractivity contribution in [2.45, 2.75) is 24.9 Å². The number of nitrogens with zero attached hydrogens (tertiary/aromatic N) is 4. The molecular formula is C21H24N8O5S. The molecule has 35 heavy (non-hydrogen) atoms. The van der Waals surface area contributed by atoms with Gasteiger partial charge in [-0.15, -0.1) is 11.3 Å². The van der Waals surface area contributed by atoms with E-state index in [9.17, 15) is 19.5 Å². The third kappa shape index (κ3) is 4.59. The van der Waals surface area contributed by atoms with Gasteiger partial charge < -0.3 is 31.6 Å². The summed E-state index contributed by atoms with van der Waals surface area (Å²) >= 11 is 1.13. The molecule has 0 aromatic carbocycles. The van der Waals surface area contributed by atoms with Gasteiger partial charge in [-0.1, -0.05) is 11.2 Å². The molecule has 2 amide bonds. The maximum Gasteiger partial charge on any atom is 0.352 e. The van der Waals surface area contributed by atoms with Crippen LogP contribution in [-0.4, -0.2) is 81.5 Å². The van der Waals surface area contributed by atoms with Gasteiger partial charge in [-0.25, -0.2) is 9.78 Å². The molecule has 4 rings (SSSR count). The Morgan fingerprint density at radius 2 is 2.23 bits per heavy atom. The van der Waals surface area contributed by atoms with Gasteiger partial charge in [-0.05, 0) is 30.7 Å². The lowest BCUT2D eigenvalue weighted by Crippen LogP contribution is -2.72. The van der Waals surface area contributed by atoms with Crippen molar-refractivity contribution in [3.63, 3.8) is 0 Å². The van der Waals surface area contributed by atoms with Crippen LogP contribution in [0.3, 0.4) is 0 Å². The number of fused-ring (bicyclic) bond motifs is 1. The normalized spacial score (nSPS) is 21.8. The van der Waals surface area contributed by atoms with Crippen LogP contribution in [0.2, 0.25) is 0 Å². The van der Waals surface area contributed by atoms with Crippen LogP contribution in [0.15, 0.2) is 45.7 Å². The monoisotopic (exact) mass is 500 g/mol. The van der Waals surface area contributed by atoms with E-state index in [1.165, 1.54) is 12.0 Å². The van der Waals surface area contributed by atoms with E-state index in [4.69, 9.17) is 21.7 Å². The quantitative estimate of drug-likeness (QED) is 0.136. The first kappa shape index (κ1) is 23.9. The molecule has 3 aliphatic rings. The maximum absolute atomic E-state index is 13.0. The second kappa shape index (κ2) is 9.58. The minimum atomic E-state index is -1.22. The minimum Gasteiger partial charge on any atom is -0.477 e. The summed E-state index contributed by atoms with van der Waals surface area (Å²) in [6.07, 6.45) is 6.15. The molecule has 1 fully saturated rings. The molecule has 3 aliphatic heterocycles. The summed E-state index contributed by atoms with van der Waals surface area (Å²) in [6, 6.07) is -1.41. The molecular weight excluding hydrogens is 476 g/mol. The van der Waals surface area contributed by atoms with E-state index in [1.807, 2.05) is 4.90 Å². The second-order valence-corrected chi connectivity index (χ2v) is 8.96. The molecule has 4 heterocycles. The number of nitrogen functional groups attached to an aromatic ring is 1. The molecule has 14 heteroatoms. The third-order valence-corrected chi connectivity index (χ3v) is 6.57. The number of carbonyl (C=O) groups excluding carboxylic acids is 2. The fraction of sp³-hybridized carbons (Fsp3) is 0.333. The number of anilines is 1. The number of rotatable bonds is 8. The highest BCUT2D eigenvalue weighted by Gasteiger charge is 2.53. The molecule has 0 aliphatic carbocycles. The van der Waals surface area contributed by atoms with Gasteiger partial charge in [-0.2, -0.15) is 0 Å². The number of hydrogen-bond donors (Lipinski definition) is 5. The molecule has 0 radical (unpaired) electrons. The molecule has 1 unspecified atom stereocenters. The average molecular weight is 501 g/mol. The van der Waals surface area contributed by atoms with E-state index in [2.05, 4.69) is 15.5 Å². The summed E-state index contributed by atoms with van der Waals surface area (Å²) in [5.74, 6) is -2.47. The van der Waals surface area contributed by atoms with Gasteiger partial charge in [0, 0.05) is 24.0 Å². The van der Waals surface area contributed by atoms with Crippen LogP contribution in [0.1, 0.15) is 18.5 Å². The van der Waals surface area contributed by atoms with Crippen molar-refractivity contribution in [1.82, 2.24) is 20.1 Å². The summed E-state index contributed by atoms with van der Waals surface area (Å²) in [6.45, 7) is 0.632.